The summed E-state index contributed by atoms with van der Waals surface area (Å²) in [5.74, 6) is 0. The molecule has 25 heavy (non-hydrogen) atoms. The topological polar surface area (TPSA) is 51.0 Å². The summed E-state index contributed by atoms with van der Waals surface area (Å²) in [5.41, 5.74) is 5.49. The molecule has 0 amide bonds. The number of benzene rings is 2. The van der Waals surface area contributed by atoms with Crippen molar-refractivity contribution in [3.8, 4) is 11.1 Å². The van der Waals surface area contributed by atoms with Crippen LogP contribution < -0.4 is 5.32 Å². The summed E-state index contributed by atoms with van der Waals surface area (Å²) in [4.78, 5) is 8.18. The van der Waals surface area contributed by atoms with Gasteiger partial charge in [0.15, 0.2) is 0 Å². The van der Waals surface area contributed by atoms with Gasteiger partial charge in [-0.05, 0) is 30.2 Å². The Bertz CT molecular complexity index is 979. The maximum atomic E-state index is 5.65. The normalized spacial score (nSPS) is 12.4. The molecule has 4 rings (SSSR count). The molecule has 0 fully saturated rings. The monoisotopic (exact) mass is 329 g/mol. The summed E-state index contributed by atoms with van der Waals surface area (Å²) >= 11 is 0. The van der Waals surface area contributed by atoms with Crippen molar-refractivity contribution >= 4 is 11.0 Å². The zero-order valence-electron chi connectivity index (χ0n) is 14.0. The number of rotatable bonds is 5. The lowest BCUT2D eigenvalue weighted by Gasteiger charge is -2.13. The number of nitrogens with one attached hydrogen (secondary N) is 1. The van der Waals surface area contributed by atoms with Crippen molar-refractivity contribution in [2.45, 2.75) is 19.5 Å². The molecule has 0 radical (unpaired) electrons. The number of nitrogens with zero attached hydrogens (tertiary/aromatic N) is 2. The molecule has 1 N–H and O–H groups in total. The van der Waals surface area contributed by atoms with E-state index in [1.54, 1.807) is 6.33 Å². The highest BCUT2D eigenvalue weighted by atomic mass is 16.3. The molecule has 4 nitrogen and oxygen atoms in total. The van der Waals surface area contributed by atoms with E-state index in [1.165, 1.54) is 11.1 Å². The Balaban J connectivity index is 1.50. The molecule has 0 spiro atoms. The molecule has 2 heterocycles. The fourth-order valence-corrected chi connectivity index (χ4v) is 3.02. The maximum Gasteiger partial charge on any atom is 0.134 e. The smallest absolute Gasteiger partial charge is 0.134 e. The van der Waals surface area contributed by atoms with Crippen LogP contribution in [0.2, 0.25) is 0 Å². The molecule has 2 aromatic heterocycles. The van der Waals surface area contributed by atoms with Gasteiger partial charge in [-0.2, -0.15) is 0 Å². The zero-order chi connectivity index (χ0) is 17.1. The minimum atomic E-state index is 0.201. The predicted molar refractivity (Wildman–Crippen MR) is 98.9 cm³/mol. The quantitative estimate of drug-likeness (QED) is 0.574. The van der Waals surface area contributed by atoms with Gasteiger partial charge in [0.1, 0.15) is 11.9 Å². The van der Waals surface area contributed by atoms with Gasteiger partial charge in [-0.3, -0.25) is 0 Å². The van der Waals surface area contributed by atoms with Crippen LogP contribution in [0.25, 0.3) is 22.1 Å². The van der Waals surface area contributed by atoms with Crippen LogP contribution in [0.1, 0.15) is 24.1 Å². The van der Waals surface area contributed by atoms with Crippen molar-refractivity contribution in [2.24, 2.45) is 0 Å². The Labute approximate surface area is 146 Å². The van der Waals surface area contributed by atoms with E-state index in [-0.39, 0.29) is 6.04 Å². The number of furan rings is 1. The first-order valence-electron chi connectivity index (χ1n) is 8.35. The van der Waals surface area contributed by atoms with Gasteiger partial charge < -0.3 is 9.73 Å². The van der Waals surface area contributed by atoms with E-state index in [0.717, 1.165) is 28.6 Å². The highest BCUT2D eigenvalue weighted by molar-refractivity contribution is 5.81. The van der Waals surface area contributed by atoms with Crippen LogP contribution in [-0.2, 0) is 6.54 Å². The molecular weight excluding hydrogens is 310 g/mol. The predicted octanol–water partition coefficient (Wildman–Crippen LogP) is 4.74. The number of hydrogen-bond donors (Lipinski definition) is 1. The molecule has 0 saturated heterocycles. The Morgan fingerprint density at radius 2 is 1.84 bits per heavy atom. The third-order valence-electron chi connectivity index (χ3n) is 4.41. The number of para-hydroxylation sites is 1. The molecule has 124 valence electrons. The average Bonchev–Trinajstić information content (AvgIpc) is 3.11. The minimum absolute atomic E-state index is 0.201. The summed E-state index contributed by atoms with van der Waals surface area (Å²) in [6.07, 6.45) is 7.06. The third kappa shape index (κ3) is 3.30. The van der Waals surface area contributed by atoms with E-state index in [1.807, 2.05) is 36.9 Å². The van der Waals surface area contributed by atoms with Crippen molar-refractivity contribution in [3.05, 3.63) is 84.6 Å². The number of aromatic nitrogens is 2. The Kier molecular flexibility index (Phi) is 4.27. The SMILES string of the molecule is CC(NCc1cccc(-c2cncnc2)c1)c1coc2ccccc12. The number of hydrogen-bond acceptors (Lipinski definition) is 4. The lowest BCUT2D eigenvalue weighted by atomic mass is 10.0. The fraction of sp³-hybridized carbons (Fsp3) is 0.143. The van der Waals surface area contributed by atoms with Gasteiger partial charge in [-0.25, -0.2) is 9.97 Å². The second-order valence-corrected chi connectivity index (χ2v) is 6.12. The van der Waals surface area contributed by atoms with Crippen LogP contribution in [0.4, 0.5) is 0 Å². The molecule has 2 aromatic carbocycles. The summed E-state index contributed by atoms with van der Waals surface area (Å²) in [5, 5.41) is 4.75. The summed E-state index contributed by atoms with van der Waals surface area (Å²) in [6, 6.07) is 16.8. The van der Waals surface area contributed by atoms with Crippen LogP contribution in [-0.4, -0.2) is 9.97 Å². The van der Waals surface area contributed by atoms with Crippen LogP contribution in [0.5, 0.6) is 0 Å². The van der Waals surface area contributed by atoms with Gasteiger partial charge in [0, 0.05) is 41.5 Å². The molecule has 0 saturated carbocycles. The average molecular weight is 329 g/mol. The molecular formula is C21H19N3O. The molecule has 0 aliphatic heterocycles. The lowest BCUT2D eigenvalue weighted by Crippen LogP contribution is -2.17. The first kappa shape index (κ1) is 15.5. The second kappa shape index (κ2) is 6.87. The highest BCUT2D eigenvalue weighted by Crippen LogP contribution is 2.26. The van der Waals surface area contributed by atoms with E-state index in [0.29, 0.717) is 0 Å². The molecule has 4 aromatic rings. The third-order valence-corrected chi connectivity index (χ3v) is 4.41. The molecule has 0 bridgehead atoms. The molecule has 1 unspecified atom stereocenters. The van der Waals surface area contributed by atoms with Gasteiger partial charge in [0.25, 0.3) is 0 Å². The lowest BCUT2D eigenvalue weighted by molar-refractivity contribution is 0.555. The maximum absolute atomic E-state index is 5.65. The molecule has 0 aliphatic rings. The Morgan fingerprint density at radius 3 is 2.72 bits per heavy atom. The standard InChI is InChI=1S/C21H19N3O/c1-15(20-13-25-21-8-3-2-7-19(20)21)24-10-16-5-4-6-17(9-16)18-11-22-14-23-12-18/h2-9,11-15,24H,10H2,1H3. The Hall–Kier alpha value is -2.98. The van der Waals surface area contributed by atoms with Gasteiger partial charge in [-0.15, -0.1) is 0 Å². The van der Waals surface area contributed by atoms with Crippen molar-refractivity contribution in [1.29, 1.82) is 0 Å². The highest BCUT2D eigenvalue weighted by Gasteiger charge is 2.12. The molecule has 0 aliphatic carbocycles. The van der Waals surface area contributed by atoms with Crippen molar-refractivity contribution in [3.63, 3.8) is 0 Å². The van der Waals surface area contributed by atoms with Crippen LogP contribution in [0.3, 0.4) is 0 Å². The van der Waals surface area contributed by atoms with E-state index < -0.39 is 0 Å². The van der Waals surface area contributed by atoms with Gasteiger partial charge >= 0.3 is 0 Å². The van der Waals surface area contributed by atoms with Crippen molar-refractivity contribution < 1.29 is 4.42 Å². The first-order chi connectivity index (χ1) is 12.3. The first-order valence-corrected chi connectivity index (χ1v) is 8.35. The largest absolute Gasteiger partial charge is 0.464 e. The van der Waals surface area contributed by atoms with E-state index in [9.17, 15) is 0 Å². The fourth-order valence-electron chi connectivity index (χ4n) is 3.02. The zero-order valence-corrected chi connectivity index (χ0v) is 14.0. The van der Waals surface area contributed by atoms with Crippen molar-refractivity contribution in [2.75, 3.05) is 0 Å². The van der Waals surface area contributed by atoms with Crippen LogP contribution in [0.15, 0.2) is 77.9 Å². The van der Waals surface area contributed by atoms with Gasteiger partial charge in [0.05, 0.1) is 6.26 Å². The van der Waals surface area contributed by atoms with Crippen LogP contribution in [0, 0.1) is 0 Å². The number of fused-ring (bicyclic) bond motifs is 1. The van der Waals surface area contributed by atoms with E-state index in [4.69, 9.17) is 4.42 Å². The van der Waals surface area contributed by atoms with Crippen LogP contribution >= 0.6 is 0 Å². The molecule has 4 heteroatoms. The van der Waals surface area contributed by atoms with Gasteiger partial charge in [0.2, 0.25) is 0 Å². The summed E-state index contributed by atoms with van der Waals surface area (Å²) in [7, 11) is 0. The summed E-state index contributed by atoms with van der Waals surface area (Å²) < 4.78 is 5.65. The molecule has 1 atom stereocenters. The van der Waals surface area contributed by atoms with E-state index in [2.05, 4.69) is 52.5 Å². The Morgan fingerprint density at radius 1 is 1.00 bits per heavy atom. The van der Waals surface area contributed by atoms with Gasteiger partial charge in [-0.1, -0.05) is 36.4 Å². The van der Waals surface area contributed by atoms with Crippen molar-refractivity contribution in [1.82, 2.24) is 15.3 Å². The minimum Gasteiger partial charge on any atom is -0.464 e. The van der Waals surface area contributed by atoms with E-state index >= 15 is 0 Å². The second-order valence-electron chi connectivity index (χ2n) is 6.12. The summed E-state index contributed by atoms with van der Waals surface area (Å²) in [6.45, 7) is 2.94.